The van der Waals surface area contributed by atoms with Crippen LogP contribution in [0.4, 0.5) is 0 Å². The molecule has 0 aliphatic heterocycles. The van der Waals surface area contributed by atoms with Crippen molar-refractivity contribution in [2.45, 2.75) is 19.5 Å². The molecule has 0 bridgehead atoms. The van der Waals surface area contributed by atoms with Gasteiger partial charge in [0.15, 0.2) is 0 Å². The second-order valence-corrected chi connectivity index (χ2v) is 5.57. The van der Waals surface area contributed by atoms with Gasteiger partial charge in [-0.2, -0.15) is 5.10 Å². The van der Waals surface area contributed by atoms with Gasteiger partial charge in [0.25, 0.3) is 0 Å². The molecule has 6 heteroatoms. The Morgan fingerprint density at radius 2 is 2.39 bits per heavy atom. The first-order valence-electron chi connectivity index (χ1n) is 5.72. The topological polar surface area (TPSA) is 39.1 Å². The van der Waals surface area contributed by atoms with Gasteiger partial charge in [-0.25, -0.2) is 0 Å². The zero-order chi connectivity index (χ0) is 13.1. The largest absolute Gasteiger partial charge is 0.496 e. The summed E-state index contributed by atoms with van der Waals surface area (Å²) in [7, 11) is 3.65. The van der Waals surface area contributed by atoms with Gasteiger partial charge in [-0.1, -0.05) is 0 Å². The van der Waals surface area contributed by atoms with E-state index in [1.807, 2.05) is 29.4 Å². The van der Waals surface area contributed by atoms with E-state index in [0.29, 0.717) is 0 Å². The summed E-state index contributed by atoms with van der Waals surface area (Å²) >= 11 is 5.26. The van der Waals surface area contributed by atoms with E-state index in [-0.39, 0.29) is 6.04 Å². The fourth-order valence-electron chi connectivity index (χ4n) is 1.99. The van der Waals surface area contributed by atoms with E-state index in [2.05, 4.69) is 33.3 Å². The van der Waals surface area contributed by atoms with Crippen LogP contribution >= 0.6 is 27.3 Å². The van der Waals surface area contributed by atoms with E-state index in [9.17, 15) is 0 Å². The van der Waals surface area contributed by atoms with Gasteiger partial charge in [-0.3, -0.25) is 4.68 Å². The second kappa shape index (κ2) is 5.86. The highest BCUT2D eigenvalue weighted by Crippen LogP contribution is 2.37. The fourth-order valence-corrected chi connectivity index (χ4v) is 3.49. The number of nitrogens with one attached hydrogen (secondary N) is 1. The molecule has 98 valence electrons. The second-order valence-electron chi connectivity index (χ2n) is 3.77. The molecule has 2 heterocycles. The number of hydrogen-bond acceptors (Lipinski definition) is 4. The molecule has 2 aromatic rings. The van der Waals surface area contributed by atoms with E-state index >= 15 is 0 Å². The Labute approximate surface area is 119 Å². The number of aryl methyl sites for hydroxylation is 1. The van der Waals surface area contributed by atoms with Gasteiger partial charge in [0, 0.05) is 6.54 Å². The molecule has 0 saturated heterocycles. The molecule has 0 spiro atoms. The molecule has 0 radical (unpaired) electrons. The van der Waals surface area contributed by atoms with Crippen molar-refractivity contribution in [3.05, 3.63) is 32.7 Å². The van der Waals surface area contributed by atoms with Crippen LogP contribution in [0.2, 0.25) is 0 Å². The van der Waals surface area contributed by atoms with Gasteiger partial charge in [0.05, 0.1) is 34.4 Å². The molecule has 0 fully saturated rings. The van der Waals surface area contributed by atoms with Crippen molar-refractivity contribution in [3.8, 4) is 5.75 Å². The van der Waals surface area contributed by atoms with Gasteiger partial charge in [-0.05, 0) is 41.3 Å². The third kappa shape index (κ3) is 2.32. The average Bonchev–Trinajstić information content (AvgIpc) is 2.98. The van der Waals surface area contributed by atoms with E-state index < -0.39 is 0 Å². The lowest BCUT2D eigenvalue weighted by atomic mass is 10.1. The molecule has 18 heavy (non-hydrogen) atoms. The first-order chi connectivity index (χ1) is 8.72. The molecule has 4 nitrogen and oxygen atoms in total. The quantitative estimate of drug-likeness (QED) is 0.916. The van der Waals surface area contributed by atoms with Crippen molar-refractivity contribution >= 4 is 27.3 Å². The molecule has 2 aromatic heterocycles. The highest BCUT2D eigenvalue weighted by molar-refractivity contribution is 9.10. The molecule has 0 amide bonds. The Bertz CT molecular complexity index is 523. The molecule has 1 atom stereocenters. The minimum Gasteiger partial charge on any atom is -0.496 e. The first-order valence-corrected chi connectivity index (χ1v) is 7.40. The lowest BCUT2D eigenvalue weighted by Gasteiger charge is -2.18. The van der Waals surface area contributed by atoms with Crippen molar-refractivity contribution in [2.24, 2.45) is 0 Å². The van der Waals surface area contributed by atoms with Crippen molar-refractivity contribution in [2.75, 3.05) is 14.2 Å². The predicted molar refractivity (Wildman–Crippen MR) is 77.4 cm³/mol. The van der Waals surface area contributed by atoms with Crippen LogP contribution in [0.5, 0.6) is 5.75 Å². The Hall–Kier alpha value is -0.850. The number of hydrogen-bond donors (Lipinski definition) is 1. The summed E-state index contributed by atoms with van der Waals surface area (Å²) in [5, 5.41) is 9.74. The SMILES string of the molecule is CCn1ncc(Br)c1C(NC)c1sccc1OC. The summed E-state index contributed by atoms with van der Waals surface area (Å²) in [6.07, 6.45) is 1.84. The maximum Gasteiger partial charge on any atom is 0.134 e. The highest BCUT2D eigenvalue weighted by atomic mass is 79.9. The summed E-state index contributed by atoms with van der Waals surface area (Å²) in [5.74, 6) is 0.912. The van der Waals surface area contributed by atoms with Crippen LogP contribution in [0.25, 0.3) is 0 Å². The van der Waals surface area contributed by atoms with E-state index in [0.717, 1.165) is 27.3 Å². The Morgan fingerprint density at radius 1 is 1.61 bits per heavy atom. The third-order valence-electron chi connectivity index (χ3n) is 2.83. The van der Waals surface area contributed by atoms with E-state index in [1.54, 1.807) is 18.4 Å². The normalized spacial score (nSPS) is 12.7. The van der Waals surface area contributed by atoms with Crippen LogP contribution in [-0.2, 0) is 6.54 Å². The lowest BCUT2D eigenvalue weighted by molar-refractivity contribution is 0.407. The number of thiophene rings is 1. The number of ether oxygens (including phenoxy) is 1. The molecule has 0 aromatic carbocycles. The minimum atomic E-state index is 0.0803. The Balaban J connectivity index is 2.48. The summed E-state index contributed by atoms with van der Waals surface area (Å²) in [6.45, 7) is 2.92. The average molecular weight is 330 g/mol. The fraction of sp³-hybridized carbons (Fsp3) is 0.417. The molecule has 2 rings (SSSR count). The third-order valence-corrected chi connectivity index (χ3v) is 4.41. The number of aromatic nitrogens is 2. The van der Waals surface area contributed by atoms with Crippen LogP contribution in [0.1, 0.15) is 23.5 Å². The summed E-state index contributed by atoms with van der Waals surface area (Å²) < 4.78 is 8.41. The Kier molecular flexibility index (Phi) is 4.42. The van der Waals surface area contributed by atoms with Crippen molar-refractivity contribution in [1.29, 1.82) is 0 Å². The number of halogens is 1. The zero-order valence-electron chi connectivity index (χ0n) is 10.6. The molecular formula is C12H16BrN3OS. The maximum atomic E-state index is 5.41. The number of nitrogens with zero attached hydrogens (tertiary/aromatic N) is 2. The lowest BCUT2D eigenvalue weighted by Crippen LogP contribution is -2.21. The number of methoxy groups -OCH3 is 1. The van der Waals surface area contributed by atoms with Crippen LogP contribution < -0.4 is 10.1 Å². The molecule has 0 saturated carbocycles. The molecule has 1 N–H and O–H groups in total. The standard InChI is InChI=1S/C12H16BrN3OS/c1-4-16-11(8(13)7-15-16)10(14-2)12-9(17-3)5-6-18-12/h5-7,10,14H,4H2,1-3H3. The summed E-state index contributed by atoms with van der Waals surface area (Å²) in [6, 6.07) is 2.07. The van der Waals surface area contributed by atoms with Crippen LogP contribution in [0.15, 0.2) is 22.1 Å². The molecular weight excluding hydrogens is 314 g/mol. The van der Waals surface area contributed by atoms with Gasteiger partial charge in [-0.15, -0.1) is 11.3 Å². The highest BCUT2D eigenvalue weighted by Gasteiger charge is 2.24. The van der Waals surface area contributed by atoms with E-state index in [1.165, 1.54) is 0 Å². The monoisotopic (exact) mass is 329 g/mol. The van der Waals surface area contributed by atoms with E-state index in [4.69, 9.17) is 4.74 Å². The van der Waals surface area contributed by atoms with Gasteiger partial charge in [0.2, 0.25) is 0 Å². The Morgan fingerprint density at radius 3 is 3.00 bits per heavy atom. The van der Waals surface area contributed by atoms with Gasteiger partial charge in [0.1, 0.15) is 5.75 Å². The van der Waals surface area contributed by atoms with Crippen molar-refractivity contribution in [1.82, 2.24) is 15.1 Å². The first kappa shape index (κ1) is 13.6. The maximum absolute atomic E-state index is 5.41. The van der Waals surface area contributed by atoms with Crippen LogP contribution in [-0.4, -0.2) is 23.9 Å². The summed E-state index contributed by atoms with van der Waals surface area (Å²) in [5.41, 5.74) is 1.13. The predicted octanol–water partition coefficient (Wildman–Crippen LogP) is 3.04. The molecule has 0 aliphatic rings. The minimum absolute atomic E-state index is 0.0803. The smallest absolute Gasteiger partial charge is 0.134 e. The van der Waals surface area contributed by atoms with Crippen molar-refractivity contribution in [3.63, 3.8) is 0 Å². The van der Waals surface area contributed by atoms with Crippen LogP contribution in [0.3, 0.4) is 0 Å². The molecule has 0 aliphatic carbocycles. The number of rotatable bonds is 5. The van der Waals surface area contributed by atoms with Crippen LogP contribution in [0, 0.1) is 0 Å². The van der Waals surface area contributed by atoms with Gasteiger partial charge >= 0.3 is 0 Å². The zero-order valence-corrected chi connectivity index (χ0v) is 13.0. The summed E-state index contributed by atoms with van der Waals surface area (Å²) in [4.78, 5) is 1.16. The van der Waals surface area contributed by atoms with Gasteiger partial charge < -0.3 is 10.1 Å². The van der Waals surface area contributed by atoms with Crippen molar-refractivity contribution < 1.29 is 4.74 Å². The molecule has 1 unspecified atom stereocenters.